The Bertz CT molecular complexity index is 1170. The van der Waals surface area contributed by atoms with Crippen molar-refractivity contribution in [1.82, 2.24) is 0 Å². The van der Waals surface area contributed by atoms with Crippen LogP contribution in [0.15, 0.2) is 85.1 Å². The van der Waals surface area contributed by atoms with Gasteiger partial charge in [0, 0.05) is 19.3 Å². The zero-order valence-electron chi connectivity index (χ0n) is 35.3. The summed E-state index contributed by atoms with van der Waals surface area (Å²) in [7, 11) is 5.50. The normalized spacial score (nSPS) is 13.8. The number of likely N-dealkylation sites (N-methyl/N-ethyl adjacent to an activating group) is 1. The number of rotatable bonds is 36. The predicted molar refractivity (Wildman–Crippen MR) is 229 cm³/mol. The summed E-state index contributed by atoms with van der Waals surface area (Å²) >= 11 is 0. The van der Waals surface area contributed by atoms with Gasteiger partial charge < -0.3 is 23.8 Å². The number of carboxylic acids is 1. The minimum atomic E-state index is -0.886. The molecule has 0 aliphatic carbocycles. The van der Waals surface area contributed by atoms with Crippen molar-refractivity contribution in [2.24, 2.45) is 0 Å². The van der Waals surface area contributed by atoms with Gasteiger partial charge in [0.25, 0.3) is 0 Å². The Labute approximate surface area is 335 Å². The van der Waals surface area contributed by atoms with Crippen molar-refractivity contribution in [2.45, 2.75) is 154 Å². The smallest absolute Gasteiger partial charge is 0.362 e. The summed E-state index contributed by atoms with van der Waals surface area (Å²) in [6.45, 7) is 4.42. The molecule has 8 heteroatoms. The molecule has 0 bridgehead atoms. The zero-order chi connectivity index (χ0) is 40.7. The van der Waals surface area contributed by atoms with Gasteiger partial charge in [0.1, 0.15) is 6.61 Å². The first-order chi connectivity index (χ1) is 26.6. The number of hydrogen-bond donors (Lipinski definition) is 1. The van der Waals surface area contributed by atoms with Crippen LogP contribution in [0.25, 0.3) is 0 Å². The molecule has 8 nitrogen and oxygen atoms in total. The molecule has 55 heavy (non-hydrogen) atoms. The lowest BCUT2D eigenvalue weighted by molar-refractivity contribution is -0.887. The summed E-state index contributed by atoms with van der Waals surface area (Å²) in [5.41, 5.74) is 0. The quantitative estimate of drug-likeness (QED) is 0.0223. The van der Waals surface area contributed by atoms with E-state index in [4.69, 9.17) is 14.2 Å². The van der Waals surface area contributed by atoms with E-state index in [1.165, 1.54) is 12.8 Å². The van der Waals surface area contributed by atoms with E-state index in [-0.39, 0.29) is 36.2 Å². The maximum Gasteiger partial charge on any atom is 0.362 e. The van der Waals surface area contributed by atoms with Crippen molar-refractivity contribution in [3.05, 3.63) is 85.1 Å². The predicted octanol–water partition coefficient (Wildman–Crippen LogP) is 11.4. The van der Waals surface area contributed by atoms with E-state index >= 15 is 0 Å². The Morgan fingerprint density at radius 3 is 1.64 bits per heavy atom. The second kappa shape index (κ2) is 37.4. The second-order valence-electron chi connectivity index (χ2n) is 14.9. The molecule has 312 valence electrons. The van der Waals surface area contributed by atoms with Crippen molar-refractivity contribution in [3.63, 3.8) is 0 Å². The molecule has 0 heterocycles. The van der Waals surface area contributed by atoms with Crippen LogP contribution < -0.4 is 0 Å². The van der Waals surface area contributed by atoms with E-state index in [1.807, 2.05) is 51.5 Å². The average molecular weight is 769 g/mol. The number of carbonyl (C=O) groups is 3. The lowest BCUT2D eigenvalue weighted by Crippen LogP contribution is -2.50. The molecule has 2 atom stereocenters. The van der Waals surface area contributed by atoms with Crippen LogP contribution in [0.4, 0.5) is 0 Å². The van der Waals surface area contributed by atoms with Crippen LogP contribution in [0.5, 0.6) is 0 Å². The molecule has 0 aliphatic rings. The number of esters is 2. The van der Waals surface area contributed by atoms with Gasteiger partial charge in [-0.3, -0.25) is 9.59 Å². The molecular weight excluding hydrogens is 691 g/mol. The van der Waals surface area contributed by atoms with Gasteiger partial charge in [-0.25, -0.2) is 4.79 Å². The number of carboxylic acid groups (broad SMARTS) is 1. The summed E-state index contributed by atoms with van der Waals surface area (Å²) in [5, 5.41) is 9.61. The van der Waals surface area contributed by atoms with Crippen molar-refractivity contribution in [3.8, 4) is 0 Å². The molecule has 0 aromatic rings. The van der Waals surface area contributed by atoms with Gasteiger partial charge >= 0.3 is 17.9 Å². The van der Waals surface area contributed by atoms with E-state index in [0.717, 1.165) is 96.3 Å². The van der Waals surface area contributed by atoms with Crippen molar-refractivity contribution in [2.75, 3.05) is 41.0 Å². The van der Waals surface area contributed by atoms with Crippen molar-refractivity contribution >= 4 is 17.9 Å². The minimum Gasteiger partial charge on any atom is -0.477 e. The first kappa shape index (κ1) is 51.5. The standard InChI is InChI=1S/C47H77NO7/c1-6-8-10-12-14-16-18-20-22-24-25-27-29-31-33-35-37-45(49)54-42-43(41-53-40-39-44(47(51)52)48(3,4)5)55-46(50)38-36-34-32-30-28-26-23-21-19-17-15-13-11-9-7-2/h8-11,13-17,19-23,43-44H,6-7,12,18,24-42H2,1-5H3/p+1/b10-8+,11-9+,15-13+,16-14+,19-17+,22-20+,23-21+. The minimum absolute atomic E-state index is 0.0416. The number of hydrogen-bond acceptors (Lipinski definition) is 6. The van der Waals surface area contributed by atoms with Crippen molar-refractivity contribution in [1.29, 1.82) is 0 Å². The molecule has 0 aromatic carbocycles. The summed E-state index contributed by atoms with van der Waals surface area (Å²) in [6.07, 6.45) is 47.6. The highest BCUT2D eigenvalue weighted by atomic mass is 16.6. The first-order valence-corrected chi connectivity index (χ1v) is 21.2. The van der Waals surface area contributed by atoms with Gasteiger partial charge in [0.2, 0.25) is 0 Å². The molecule has 0 amide bonds. The first-order valence-electron chi connectivity index (χ1n) is 21.2. The van der Waals surface area contributed by atoms with Gasteiger partial charge in [-0.2, -0.15) is 0 Å². The topological polar surface area (TPSA) is 99.1 Å². The Balaban J connectivity index is 4.45. The number of carbonyl (C=O) groups excluding carboxylic acids is 2. The molecule has 0 fully saturated rings. The average Bonchev–Trinajstić information content (AvgIpc) is 3.14. The van der Waals surface area contributed by atoms with Crippen LogP contribution in [-0.2, 0) is 28.6 Å². The number of aliphatic carboxylic acids is 1. The fourth-order valence-corrected chi connectivity index (χ4v) is 5.64. The summed E-state index contributed by atoms with van der Waals surface area (Å²) in [5.74, 6) is -1.53. The third-order valence-electron chi connectivity index (χ3n) is 8.88. The Morgan fingerprint density at radius 1 is 0.564 bits per heavy atom. The molecule has 0 aromatic heterocycles. The highest BCUT2D eigenvalue weighted by Gasteiger charge is 2.31. The highest BCUT2D eigenvalue weighted by Crippen LogP contribution is 2.13. The van der Waals surface area contributed by atoms with Crippen LogP contribution in [-0.4, -0.2) is 80.6 Å². The summed E-state index contributed by atoms with van der Waals surface area (Å²) < 4.78 is 17.2. The van der Waals surface area contributed by atoms with Gasteiger partial charge in [-0.15, -0.1) is 0 Å². The molecule has 0 aliphatic heterocycles. The number of quaternary nitrogens is 1. The zero-order valence-corrected chi connectivity index (χ0v) is 35.3. The molecule has 0 radical (unpaired) electrons. The lowest BCUT2D eigenvalue weighted by Gasteiger charge is -2.31. The number of ether oxygens (including phenoxy) is 3. The molecule has 0 saturated heterocycles. The lowest BCUT2D eigenvalue weighted by atomic mass is 10.1. The van der Waals surface area contributed by atoms with Gasteiger partial charge in [0.15, 0.2) is 12.1 Å². The van der Waals surface area contributed by atoms with Crippen molar-refractivity contribution < 1.29 is 38.2 Å². The van der Waals surface area contributed by atoms with E-state index < -0.39 is 18.1 Å². The second-order valence-corrected chi connectivity index (χ2v) is 14.9. The van der Waals surface area contributed by atoms with Crippen LogP contribution >= 0.6 is 0 Å². The largest absolute Gasteiger partial charge is 0.477 e. The van der Waals surface area contributed by atoms with E-state index in [1.54, 1.807) is 0 Å². The Kier molecular flexibility index (Phi) is 35.1. The van der Waals surface area contributed by atoms with Crippen LogP contribution in [0.2, 0.25) is 0 Å². The van der Waals surface area contributed by atoms with E-state index in [9.17, 15) is 19.5 Å². The summed E-state index contributed by atoms with van der Waals surface area (Å²) in [6, 6.07) is -0.625. The number of unbranched alkanes of at least 4 members (excludes halogenated alkanes) is 11. The fourth-order valence-electron chi connectivity index (χ4n) is 5.64. The van der Waals surface area contributed by atoms with Crippen LogP contribution in [0, 0.1) is 0 Å². The fraction of sp³-hybridized carbons (Fsp3) is 0.638. The maximum atomic E-state index is 12.7. The Morgan fingerprint density at radius 2 is 1.05 bits per heavy atom. The molecule has 1 N–H and O–H groups in total. The SMILES string of the molecule is CC/C=C/C=C/C=C/C=C/CCCCCCCC(=O)OC(COCCC(C(=O)O)[N+](C)(C)C)COC(=O)CCCCCCCC/C=C/C/C=C/C/C=C/CC. The number of nitrogens with zero attached hydrogens (tertiary/aromatic N) is 1. The van der Waals surface area contributed by atoms with Crippen LogP contribution in [0.1, 0.15) is 142 Å². The Hall–Kier alpha value is -3.49. The monoisotopic (exact) mass is 769 g/mol. The summed E-state index contributed by atoms with van der Waals surface area (Å²) in [4.78, 5) is 36.9. The third-order valence-corrected chi connectivity index (χ3v) is 8.88. The molecule has 0 spiro atoms. The maximum absolute atomic E-state index is 12.7. The highest BCUT2D eigenvalue weighted by molar-refractivity contribution is 5.72. The van der Waals surface area contributed by atoms with E-state index in [0.29, 0.717) is 19.3 Å². The van der Waals surface area contributed by atoms with Crippen LogP contribution in [0.3, 0.4) is 0 Å². The number of allylic oxidation sites excluding steroid dienone is 14. The van der Waals surface area contributed by atoms with Gasteiger partial charge in [-0.05, 0) is 64.2 Å². The molecule has 0 saturated carbocycles. The molecular formula is C47H78NO7+. The molecule has 2 unspecified atom stereocenters. The van der Waals surface area contributed by atoms with Gasteiger partial charge in [-0.1, -0.05) is 144 Å². The van der Waals surface area contributed by atoms with Gasteiger partial charge in [0.05, 0.1) is 34.4 Å². The molecule has 0 rings (SSSR count). The third kappa shape index (κ3) is 35.9. The van der Waals surface area contributed by atoms with E-state index in [2.05, 4.69) is 68.5 Å².